The van der Waals surface area contributed by atoms with E-state index >= 15 is 0 Å². The number of benzene rings is 1. The summed E-state index contributed by atoms with van der Waals surface area (Å²) in [5, 5.41) is 10.4. The summed E-state index contributed by atoms with van der Waals surface area (Å²) in [7, 11) is 1.62. The van der Waals surface area contributed by atoms with Crippen LogP contribution in [-0.4, -0.2) is 18.8 Å². The smallest absolute Gasteiger partial charge is 0.135 e. The Morgan fingerprint density at radius 1 is 1.26 bits per heavy atom. The van der Waals surface area contributed by atoms with Gasteiger partial charge < -0.3 is 20.0 Å². The van der Waals surface area contributed by atoms with Gasteiger partial charge in [0.15, 0.2) is 0 Å². The van der Waals surface area contributed by atoms with Crippen molar-refractivity contribution in [3.05, 3.63) is 53.5 Å². The van der Waals surface area contributed by atoms with Crippen LogP contribution in [0, 0.1) is 6.92 Å². The number of nitrogens with two attached hydrogens (primary N) is 1. The number of furan rings is 1. The van der Waals surface area contributed by atoms with Crippen LogP contribution < -0.4 is 10.5 Å². The highest BCUT2D eigenvalue weighted by atomic mass is 16.5. The number of ether oxygens (including phenoxy) is 1. The molecule has 0 spiro atoms. The van der Waals surface area contributed by atoms with Gasteiger partial charge in [-0.3, -0.25) is 0 Å². The third-order valence-corrected chi connectivity index (χ3v) is 3.35. The quantitative estimate of drug-likeness (QED) is 0.867. The molecule has 2 aromatic rings. The maximum atomic E-state index is 10.4. The molecule has 4 heteroatoms. The Morgan fingerprint density at radius 2 is 1.95 bits per heavy atom. The first-order valence-electron chi connectivity index (χ1n) is 6.23. The van der Waals surface area contributed by atoms with Gasteiger partial charge in [-0.1, -0.05) is 12.1 Å². The highest BCUT2D eigenvalue weighted by molar-refractivity contribution is 5.32. The van der Waals surface area contributed by atoms with Crippen LogP contribution >= 0.6 is 0 Å². The summed E-state index contributed by atoms with van der Waals surface area (Å²) in [6.45, 7) is 2.25. The monoisotopic (exact) mass is 261 g/mol. The second-order valence-corrected chi connectivity index (χ2v) is 4.53. The van der Waals surface area contributed by atoms with Crippen molar-refractivity contribution in [3.63, 3.8) is 0 Å². The molecule has 4 nitrogen and oxygen atoms in total. The molecule has 0 radical (unpaired) electrons. The van der Waals surface area contributed by atoms with Crippen LogP contribution in [0.2, 0.25) is 0 Å². The summed E-state index contributed by atoms with van der Waals surface area (Å²) in [5.41, 5.74) is 7.69. The first-order valence-corrected chi connectivity index (χ1v) is 6.23. The number of rotatable bonds is 5. The Balaban J connectivity index is 2.26. The van der Waals surface area contributed by atoms with Crippen LogP contribution in [0.4, 0.5) is 0 Å². The Bertz CT molecular complexity index is 518. The summed E-state index contributed by atoms with van der Waals surface area (Å²) in [6.07, 6.45) is 0.837. The molecule has 0 saturated carbocycles. The van der Waals surface area contributed by atoms with Crippen molar-refractivity contribution in [2.75, 3.05) is 13.7 Å². The number of aryl methyl sites for hydroxylation is 1. The molecular formula is C15H19NO3. The van der Waals surface area contributed by atoms with Crippen LogP contribution in [0.5, 0.6) is 5.75 Å². The molecule has 1 aromatic heterocycles. The van der Waals surface area contributed by atoms with E-state index in [4.69, 9.17) is 14.9 Å². The van der Waals surface area contributed by atoms with Crippen LogP contribution in [0.15, 0.2) is 41.0 Å². The summed E-state index contributed by atoms with van der Waals surface area (Å²) in [6, 6.07) is 9.38. The Kier molecular flexibility index (Phi) is 4.24. The van der Waals surface area contributed by atoms with E-state index in [-0.39, 0.29) is 5.92 Å². The van der Waals surface area contributed by atoms with Crippen LogP contribution in [-0.2, 0) is 0 Å². The molecule has 0 aliphatic rings. The third-order valence-electron chi connectivity index (χ3n) is 3.35. The minimum absolute atomic E-state index is 0.198. The lowest BCUT2D eigenvalue weighted by Gasteiger charge is -2.21. The van der Waals surface area contributed by atoms with Crippen LogP contribution in [0.25, 0.3) is 0 Å². The maximum Gasteiger partial charge on any atom is 0.135 e. The highest BCUT2D eigenvalue weighted by Crippen LogP contribution is 2.32. The number of hydrogen-bond donors (Lipinski definition) is 2. The minimum Gasteiger partial charge on any atom is -0.497 e. The molecule has 2 atom stereocenters. The van der Waals surface area contributed by atoms with Gasteiger partial charge in [0, 0.05) is 12.5 Å². The van der Waals surface area contributed by atoms with Crippen molar-refractivity contribution in [2.24, 2.45) is 5.73 Å². The summed E-state index contributed by atoms with van der Waals surface area (Å²) in [5.74, 6) is 1.16. The van der Waals surface area contributed by atoms with E-state index in [1.807, 2.05) is 37.3 Å². The van der Waals surface area contributed by atoms with Crippen LogP contribution in [0.3, 0.4) is 0 Å². The van der Waals surface area contributed by atoms with Crippen molar-refractivity contribution in [3.8, 4) is 5.75 Å². The van der Waals surface area contributed by atoms with E-state index in [9.17, 15) is 5.11 Å². The lowest BCUT2D eigenvalue weighted by atomic mass is 9.91. The van der Waals surface area contributed by atoms with Gasteiger partial charge in [-0.25, -0.2) is 0 Å². The number of hydrogen-bond acceptors (Lipinski definition) is 4. The molecule has 102 valence electrons. The van der Waals surface area contributed by atoms with Gasteiger partial charge in [-0.2, -0.15) is 0 Å². The first-order chi connectivity index (χ1) is 9.17. The lowest BCUT2D eigenvalue weighted by molar-refractivity contribution is 0.121. The average molecular weight is 261 g/mol. The van der Waals surface area contributed by atoms with E-state index in [1.54, 1.807) is 13.4 Å². The molecular weight excluding hydrogens is 242 g/mol. The first kappa shape index (κ1) is 13.6. The second-order valence-electron chi connectivity index (χ2n) is 4.53. The van der Waals surface area contributed by atoms with Gasteiger partial charge in [0.2, 0.25) is 0 Å². The number of aliphatic hydroxyl groups excluding tert-OH is 1. The summed E-state index contributed by atoms with van der Waals surface area (Å²) in [4.78, 5) is 0. The fourth-order valence-corrected chi connectivity index (χ4v) is 2.17. The molecule has 1 aromatic carbocycles. The Hall–Kier alpha value is -1.78. The molecule has 1 heterocycles. The standard InChI is InChI=1S/C15H19NO3/c1-10-7-8-19-15(10)14(17)13(9-16)11-3-5-12(18-2)6-4-11/h3-8,13-14,17H,9,16H2,1-2H3. The topological polar surface area (TPSA) is 68.6 Å². The van der Waals surface area contributed by atoms with Gasteiger partial charge in [-0.05, 0) is 36.2 Å². The molecule has 0 aliphatic heterocycles. The van der Waals surface area contributed by atoms with Crippen molar-refractivity contribution in [1.29, 1.82) is 0 Å². The zero-order valence-electron chi connectivity index (χ0n) is 11.2. The Labute approximate surface area is 112 Å². The number of methoxy groups -OCH3 is 1. The zero-order chi connectivity index (χ0) is 13.8. The predicted molar refractivity (Wildman–Crippen MR) is 73.2 cm³/mol. The van der Waals surface area contributed by atoms with Gasteiger partial charge >= 0.3 is 0 Å². The maximum absolute atomic E-state index is 10.4. The second kappa shape index (κ2) is 5.91. The summed E-state index contributed by atoms with van der Waals surface area (Å²) < 4.78 is 10.5. The molecule has 0 amide bonds. The fourth-order valence-electron chi connectivity index (χ4n) is 2.17. The largest absolute Gasteiger partial charge is 0.497 e. The minimum atomic E-state index is -0.742. The number of aliphatic hydroxyl groups is 1. The molecule has 0 fully saturated rings. The Morgan fingerprint density at radius 3 is 2.42 bits per heavy atom. The van der Waals surface area contributed by atoms with Gasteiger partial charge in [-0.15, -0.1) is 0 Å². The van der Waals surface area contributed by atoms with E-state index in [0.717, 1.165) is 16.9 Å². The molecule has 0 bridgehead atoms. The van der Waals surface area contributed by atoms with Crippen molar-refractivity contribution >= 4 is 0 Å². The molecule has 3 N–H and O–H groups in total. The van der Waals surface area contributed by atoms with Gasteiger partial charge in [0.1, 0.15) is 17.6 Å². The van der Waals surface area contributed by atoms with E-state index in [1.165, 1.54) is 0 Å². The fraction of sp³-hybridized carbons (Fsp3) is 0.333. The molecule has 2 unspecified atom stereocenters. The molecule has 0 saturated heterocycles. The third kappa shape index (κ3) is 2.80. The van der Waals surface area contributed by atoms with E-state index in [2.05, 4.69) is 0 Å². The van der Waals surface area contributed by atoms with E-state index in [0.29, 0.717) is 12.3 Å². The normalized spacial score (nSPS) is 14.1. The highest BCUT2D eigenvalue weighted by Gasteiger charge is 2.25. The van der Waals surface area contributed by atoms with Crippen molar-refractivity contribution in [2.45, 2.75) is 18.9 Å². The van der Waals surface area contributed by atoms with Gasteiger partial charge in [0.25, 0.3) is 0 Å². The zero-order valence-corrected chi connectivity index (χ0v) is 11.2. The molecule has 19 heavy (non-hydrogen) atoms. The van der Waals surface area contributed by atoms with Gasteiger partial charge in [0.05, 0.1) is 13.4 Å². The summed E-state index contributed by atoms with van der Waals surface area (Å²) >= 11 is 0. The predicted octanol–water partition coefficient (Wildman–Crippen LogP) is 2.37. The molecule has 2 rings (SSSR count). The van der Waals surface area contributed by atoms with E-state index < -0.39 is 6.10 Å². The molecule has 0 aliphatic carbocycles. The SMILES string of the molecule is COc1ccc(C(CN)C(O)c2occc2C)cc1. The average Bonchev–Trinajstić information content (AvgIpc) is 2.86. The lowest BCUT2D eigenvalue weighted by Crippen LogP contribution is -2.20. The van der Waals surface area contributed by atoms with Crippen LogP contribution in [0.1, 0.15) is 28.9 Å². The van der Waals surface area contributed by atoms with Crippen molar-refractivity contribution in [1.82, 2.24) is 0 Å². The van der Waals surface area contributed by atoms with Crippen molar-refractivity contribution < 1.29 is 14.3 Å².